The van der Waals surface area contributed by atoms with Crippen LogP contribution in [0, 0.1) is 0 Å². The largest absolute Gasteiger partial charge is 0.522 e. The first-order valence-corrected chi connectivity index (χ1v) is 15.2. The third-order valence-electron chi connectivity index (χ3n) is 7.36. The quantitative estimate of drug-likeness (QED) is 0.259. The van der Waals surface area contributed by atoms with Crippen molar-refractivity contribution < 1.29 is 44.3 Å². The van der Waals surface area contributed by atoms with E-state index in [0.29, 0.717) is 35.3 Å². The van der Waals surface area contributed by atoms with Gasteiger partial charge in [0.2, 0.25) is 5.91 Å². The van der Waals surface area contributed by atoms with Gasteiger partial charge in [0.05, 0.1) is 35.3 Å². The summed E-state index contributed by atoms with van der Waals surface area (Å²) in [6.07, 6.45) is -8.51. The van der Waals surface area contributed by atoms with Gasteiger partial charge in [0, 0.05) is 23.8 Å². The smallest absolute Gasteiger partial charge is 0.366 e. The summed E-state index contributed by atoms with van der Waals surface area (Å²) in [5, 5.41) is 2.74. The van der Waals surface area contributed by atoms with Gasteiger partial charge in [-0.2, -0.15) is 13.2 Å². The Morgan fingerprint density at radius 3 is 2.09 bits per heavy atom. The first-order valence-electron chi connectivity index (χ1n) is 13.5. The summed E-state index contributed by atoms with van der Waals surface area (Å²) >= 11 is 0. The molecule has 3 aromatic rings. The van der Waals surface area contributed by atoms with Crippen LogP contribution in [0.4, 0.5) is 37.7 Å². The molecule has 232 valence electrons. The number of ether oxygens (including phenoxy) is 1. The van der Waals surface area contributed by atoms with Crippen LogP contribution in [0.15, 0.2) is 77.7 Å². The molecule has 1 aliphatic heterocycles. The standard InChI is InChI=1S/C30H30F6N2O4S/c1-2-43(40,41)27-15-3-20(4-16-27)17-28(39)37-24-10-13-25(14-11-24)38-18-22(7-12-26(38)19-42-30(34,35)36)21-5-8-23(9-6-21)29(31,32)33/h3-6,8-11,13-16,22,26H,2,7,12,17-19H2,1H3,(H,37,39)/t22?,26-/m0/s1. The predicted octanol–water partition coefficient (Wildman–Crippen LogP) is 6.97. The number of rotatable bonds is 9. The number of nitrogens with zero attached hydrogens (tertiary/aromatic N) is 1. The molecule has 4 rings (SSSR count). The Bertz CT molecular complexity index is 1490. The Balaban J connectivity index is 1.45. The number of hydrogen-bond acceptors (Lipinski definition) is 5. The number of sulfone groups is 1. The normalized spacial score (nSPS) is 18.0. The summed E-state index contributed by atoms with van der Waals surface area (Å²) in [6, 6.07) is 16.7. The molecule has 13 heteroatoms. The monoisotopic (exact) mass is 628 g/mol. The fraction of sp³-hybridized carbons (Fsp3) is 0.367. The molecule has 1 saturated heterocycles. The van der Waals surface area contributed by atoms with E-state index in [2.05, 4.69) is 10.1 Å². The van der Waals surface area contributed by atoms with E-state index < -0.39 is 40.6 Å². The Hall–Kier alpha value is -3.58. The number of benzene rings is 3. The summed E-state index contributed by atoms with van der Waals surface area (Å²) in [5.74, 6) is -0.607. The third-order valence-corrected chi connectivity index (χ3v) is 9.12. The van der Waals surface area contributed by atoms with Gasteiger partial charge in [0.15, 0.2) is 9.84 Å². The highest BCUT2D eigenvalue weighted by molar-refractivity contribution is 7.91. The van der Waals surface area contributed by atoms with Crippen LogP contribution >= 0.6 is 0 Å². The molecule has 0 aromatic heterocycles. The molecule has 1 aliphatic rings. The molecule has 0 spiro atoms. The zero-order chi connectivity index (χ0) is 31.4. The molecular weight excluding hydrogens is 598 g/mol. The molecule has 1 unspecified atom stereocenters. The van der Waals surface area contributed by atoms with E-state index in [-0.39, 0.29) is 35.4 Å². The number of carbonyl (C=O) groups excluding carboxylic acids is 1. The van der Waals surface area contributed by atoms with Crippen molar-refractivity contribution in [2.45, 2.75) is 55.6 Å². The van der Waals surface area contributed by atoms with Gasteiger partial charge in [0.25, 0.3) is 0 Å². The fourth-order valence-corrected chi connectivity index (χ4v) is 5.92. The molecule has 43 heavy (non-hydrogen) atoms. The molecule has 1 amide bonds. The summed E-state index contributed by atoms with van der Waals surface area (Å²) < 4.78 is 106. The highest BCUT2D eigenvalue weighted by Crippen LogP contribution is 2.36. The maximum atomic E-state index is 13.0. The van der Waals surface area contributed by atoms with E-state index in [4.69, 9.17) is 0 Å². The van der Waals surface area contributed by atoms with Crippen LogP contribution in [-0.4, -0.2) is 45.6 Å². The molecular formula is C30H30F6N2O4S. The molecule has 2 atom stereocenters. The van der Waals surface area contributed by atoms with Crippen LogP contribution in [0.1, 0.15) is 42.4 Å². The van der Waals surface area contributed by atoms with Gasteiger partial charge in [0.1, 0.15) is 0 Å². The maximum Gasteiger partial charge on any atom is 0.522 e. The number of carbonyl (C=O) groups is 1. The van der Waals surface area contributed by atoms with Gasteiger partial charge < -0.3 is 10.2 Å². The predicted molar refractivity (Wildman–Crippen MR) is 150 cm³/mol. The zero-order valence-corrected chi connectivity index (χ0v) is 23.9. The zero-order valence-electron chi connectivity index (χ0n) is 23.1. The molecule has 0 saturated carbocycles. The average molecular weight is 629 g/mol. The van der Waals surface area contributed by atoms with Crippen LogP contribution in [0.5, 0.6) is 0 Å². The van der Waals surface area contributed by atoms with Crippen LogP contribution in [-0.2, 0) is 32.0 Å². The topological polar surface area (TPSA) is 75.7 Å². The molecule has 0 aliphatic carbocycles. The van der Waals surface area contributed by atoms with Gasteiger partial charge in [-0.15, -0.1) is 13.2 Å². The molecule has 1 N–H and O–H groups in total. The van der Waals surface area contributed by atoms with E-state index >= 15 is 0 Å². The maximum absolute atomic E-state index is 13.0. The van der Waals surface area contributed by atoms with Crippen LogP contribution in [0.2, 0.25) is 0 Å². The third kappa shape index (κ3) is 8.73. The molecule has 3 aromatic carbocycles. The fourth-order valence-electron chi connectivity index (χ4n) is 5.03. The van der Waals surface area contributed by atoms with E-state index in [9.17, 15) is 39.6 Å². The Morgan fingerprint density at radius 1 is 0.907 bits per heavy atom. The number of amides is 1. The number of halogens is 6. The molecule has 1 fully saturated rings. The van der Waals surface area contributed by atoms with Crippen LogP contribution in [0.3, 0.4) is 0 Å². The van der Waals surface area contributed by atoms with Crippen molar-refractivity contribution in [2.24, 2.45) is 0 Å². The highest BCUT2D eigenvalue weighted by atomic mass is 32.2. The number of piperidine rings is 1. The van der Waals surface area contributed by atoms with Gasteiger partial charge in [-0.05, 0) is 72.5 Å². The van der Waals surface area contributed by atoms with Crippen molar-refractivity contribution in [3.8, 4) is 0 Å². The Kier molecular flexibility index (Phi) is 9.75. The summed E-state index contributed by atoms with van der Waals surface area (Å²) in [4.78, 5) is 14.5. The first kappa shape index (κ1) is 32.3. The average Bonchev–Trinajstić information content (AvgIpc) is 2.96. The summed E-state index contributed by atoms with van der Waals surface area (Å²) in [6.45, 7) is 1.19. The van der Waals surface area contributed by atoms with Crippen molar-refractivity contribution >= 4 is 27.1 Å². The molecule has 0 radical (unpaired) electrons. The second-order valence-corrected chi connectivity index (χ2v) is 12.6. The van der Waals surface area contributed by atoms with Gasteiger partial charge in [-0.3, -0.25) is 9.53 Å². The van der Waals surface area contributed by atoms with Gasteiger partial charge >= 0.3 is 12.5 Å². The highest BCUT2D eigenvalue weighted by Gasteiger charge is 2.36. The van der Waals surface area contributed by atoms with Crippen molar-refractivity contribution in [1.82, 2.24) is 0 Å². The van der Waals surface area contributed by atoms with Crippen LogP contribution < -0.4 is 10.2 Å². The van der Waals surface area contributed by atoms with Gasteiger partial charge in [-0.1, -0.05) is 31.2 Å². The lowest BCUT2D eigenvalue weighted by Gasteiger charge is -2.41. The SMILES string of the molecule is CCS(=O)(=O)c1ccc(CC(=O)Nc2ccc(N3CC(c4ccc(C(F)(F)F)cc4)CC[C@H]3COC(F)(F)F)cc2)cc1. The van der Waals surface area contributed by atoms with E-state index in [1.54, 1.807) is 48.2 Å². The first-order chi connectivity index (χ1) is 20.1. The Labute approximate surface area is 245 Å². The number of hydrogen-bond donors (Lipinski definition) is 1. The number of alkyl halides is 6. The van der Waals surface area contributed by atoms with Crippen molar-refractivity contribution in [3.05, 3.63) is 89.5 Å². The minimum atomic E-state index is -4.81. The van der Waals surface area contributed by atoms with Crippen molar-refractivity contribution in [3.63, 3.8) is 0 Å². The van der Waals surface area contributed by atoms with E-state index in [1.807, 2.05) is 0 Å². The van der Waals surface area contributed by atoms with E-state index in [0.717, 1.165) is 12.1 Å². The molecule has 0 bridgehead atoms. The number of anilines is 2. The van der Waals surface area contributed by atoms with Crippen LogP contribution in [0.25, 0.3) is 0 Å². The van der Waals surface area contributed by atoms with Crippen molar-refractivity contribution in [1.29, 1.82) is 0 Å². The van der Waals surface area contributed by atoms with Gasteiger partial charge in [-0.25, -0.2) is 8.42 Å². The summed E-state index contributed by atoms with van der Waals surface area (Å²) in [7, 11) is -3.36. The second kappa shape index (κ2) is 13.0. The minimum Gasteiger partial charge on any atom is -0.366 e. The lowest BCUT2D eigenvalue weighted by atomic mass is 9.86. The number of nitrogens with one attached hydrogen (secondary N) is 1. The van der Waals surface area contributed by atoms with Crippen molar-refractivity contribution in [2.75, 3.05) is 29.1 Å². The second-order valence-electron chi connectivity index (χ2n) is 10.3. The lowest BCUT2D eigenvalue weighted by Crippen LogP contribution is -2.46. The van der Waals surface area contributed by atoms with E-state index in [1.165, 1.54) is 24.3 Å². The Morgan fingerprint density at radius 2 is 1.53 bits per heavy atom. The minimum absolute atomic E-state index is 0.00794. The summed E-state index contributed by atoms with van der Waals surface area (Å²) in [5.41, 5.74) is 1.49. The molecule has 1 heterocycles. The molecule has 6 nitrogen and oxygen atoms in total. The lowest BCUT2D eigenvalue weighted by molar-refractivity contribution is -0.326.